The average molecular weight is 362 g/mol. The van der Waals surface area contributed by atoms with Crippen LogP contribution in [0.25, 0.3) is 22.4 Å². The van der Waals surface area contributed by atoms with Crippen molar-refractivity contribution in [2.24, 2.45) is 5.14 Å². The fourth-order valence-electron chi connectivity index (χ4n) is 2.44. The maximum Gasteiger partial charge on any atom is 0.238 e. The van der Waals surface area contributed by atoms with Crippen LogP contribution in [-0.2, 0) is 16.6 Å². The smallest absolute Gasteiger partial charge is 0.238 e. The zero-order valence-corrected chi connectivity index (χ0v) is 14.6. The van der Waals surface area contributed by atoms with Crippen LogP contribution in [0.1, 0.15) is 6.92 Å². The molecule has 0 fully saturated rings. The highest BCUT2D eigenvalue weighted by Gasteiger charge is 2.14. The number of sulfonamides is 1. The molecule has 0 unspecified atom stereocenters. The lowest BCUT2D eigenvalue weighted by Gasteiger charge is -2.04. The summed E-state index contributed by atoms with van der Waals surface area (Å²) in [4.78, 5) is 0.0780. The second-order valence-corrected chi connectivity index (χ2v) is 7.32. The van der Waals surface area contributed by atoms with Crippen molar-refractivity contribution >= 4 is 21.6 Å². The highest BCUT2D eigenvalue weighted by Crippen LogP contribution is 2.32. The molecule has 3 aromatic rings. The summed E-state index contributed by atoms with van der Waals surface area (Å²) in [6.07, 6.45) is 1.96. The fraction of sp³-hybridized carbons (Fsp3) is 0.118. The third-order valence-electron chi connectivity index (χ3n) is 3.70. The van der Waals surface area contributed by atoms with E-state index >= 15 is 0 Å². The summed E-state index contributed by atoms with van der Waals surface area (Å²) < 4.78 is 24.6. The molecule has 5 nitrogen and oxygen atoms in total. The normalized spacial score (nSPS) is 11.6. The van der Waals surface area contributed by atoms with Crippen LogP contribution in [0, 0.1) is 0 Å². The minimum atomic E-state index is -3.71. The number of rotatable bonds is 4. The predicted molar refractivity (Wildman–Crippen MR) is 95.2 cm³/mol. The quantitative estimate of drug-likeness (QED) is 0.772. The van der Waals surface area contributed by atoms with E-state index in [2.05, 4.69) is 5.10 Å². The first-order chi connectivity index (χ1) is 11.4. The highest BCUT2D eigenvalue weighted by molar-refractivity contribution is 7.89. The molecule has 2 aromatic carbocycles. The van der Waals surface area contributed by atoms with Crippen molar-refractivity contribution in [1.82, 2.24) is 9.78 Å². The largest absolute Gasteiger partial charge is 0.272 e. The monoisotopic (exact) mass is 361 g/mol. The van der Waals surface area contributed by atoms with Crippen LogP contribution in [0.4, 0.5) is 0 Å². The van der Waals surface area contributed by atoms with E-state index < -0.39 is 10.0 Å². The molecule has 0 radical (unpaired) electrons. The zero-order valence-electron chi connectivity index (χ0n) is 13.0. The molecule has 0 aliphatic rings. The fourth-order valence-corrected chi connectivity index (χ4v) is 3.08. The second kappa shape index (κ2) is 6.39. The van der Waals surface area contributed by atoms with Gasteiger partial charge in [-0.2, -0.15) is 5.10 Å². The molecule has 0 aliphatic heterocycles. The van der Waals surface area contributed by atoms with Crippen molar-refractivity contribution in [3.8, 4) is 22.4 Å². The molecule has 2 N–H and O–H groups in total. The maximum absolute atomic E-state index is 11.4. The van der Waals surface area contributed by atoms with E-state index in [1.165, 1.54) is 12.1 Å². The zero-order chi connectivity index (χ0) is 17.3. The molecule has 1 heterocycles. The van der Waals surface area contributed by atoms with Gasteiger partial charge in [-0.1, -0.05) is 35.9 Å². The molecule has 0 saturated heterocycles. The Hall–Kier alpha value is -2.15. The van der Waals surface area contributed by atoms with Crippen LogP contribution >= 0.6 is 11.6 Å². The molecule has 124 valence electrons. The Morgan fingerprint density at radius 2 is 1.62 bits per heavy atom. The molecule has 24 heavy (non-hydrogen) atoms. The van der Waals surface area contributed by atoms with Crippen LogP contribution in [0.15, 0.2) is 59.6 Å². The van der Waals surface area contributed by atoms with Crippen molar-refractivity contribution in [3.63, 3.8) is 0 Å². The number of hydrogen-bond donors (Lipinski definition) is 1. The lowest BCUT2D eigenvalue weighted by atomic mass is 10.0. The number of aryl methyl sites for hydroxylation is 1. The van der Waals surface area contributed by atoms with Gasteiger partial charge in [0.15, 0.2) is 0 Å². The number of nitrogens with two attached hydrogens (primary N) is 1. The van der Waals surface area contributed by atoms with Crippen molar-refractivity contribution in [3.05, 3.63) is 59.8 Å². The van der Waals surface area contributed by atoms with E-state index in [1.54, 1.807) is 12.1 Å². The van der Waals surface area contributed by atoms with Gasteiger partial charge in [-0.05, 0) is 36.8 Å². The Morgan fingerprint density at radius 1 is 1.04 bits per heavy atom. The van der Waals surface area contributed by atoms with Crippen LogP contribution < -0.4 is 5.14 Å². The van der Waals surface area contributed by atoms with Crippen LogP contribution in [0.2, 0.25) is 5.02 Å². The SMILES string of the molecule is CCn1cc(-c2ccc(Cl)cc2)c(-c2ccc(S(N)(=O)=O)cc2)n1. The topological polar surface area (TPSA) is 78.0 Å². The summed E-state index contributed by atoms with van der Waals surface area (Å²) >= 11 is 5.96. The third-order valence-corrected chi connectivity index (χ3v) is 4.88. The first-order valence-corrected chi connectivity index (χ1v) is 9.27. The van der Waals surface area contributed by atoms with Gasteiger partial charge in [0.1, 0.15) is 5.69 Å². The van der Waals surface area contributed by atoms with Crippen LogP contribution in [0.3, 0.4) is 0 Å². The lowest BCUT2D eigenvalue weighted by molar-refractivity contribution is 0.598. The van der Waals surface area contributed by atoms with Crippen molar-refractivity contribution in [2.45, 2.75) is 18.4 Å². The molecule has 0 aliphatic carbocycles. The van der Waals surface area contributed by atoms with Gasteiger partial charge >= 0.3 is 0 Å². The van der Waals surface area contributed by atoms with E-state index in [9.17, 15) is 8.42 Å². The number of benzene rings is 2. The van der Waals surface area contributed by atoms with Crippen molar-refractivity contribution < 1.29 is 8.42 Å². The molecule has 7 heteroatoms. The number of hydrogen-bond acceptors (Lipinski definition) is 3. The molecule has 0 atom stereocenters. The second-order valence-electron chi connectivity index (χ2n) is 5.32. The van der Waals surface area contributed by atoms with Crippen molar-refractivity contribution in [1.29, 1.82) is 0 Å². The van der Waals surface area contributed by atoms with Gasteiger partial charge in [0.05, 0.1) is 4.90 Å². The number of primary sulfonamides is 1. The third kappa shape index (κ3) is 3.36. The van der Waals surface area contributed by atoms with Gasteiger partial charge in [0.2, 0.25) is 10.0 Å². The van der Waals surface area contributed by atoms with E-state index in [4.69, 9.17) is 16.7 Å². The molecule has 0 amide bonds. The minimum Gasteiger partial charge on any atom is -0.272 e. The summed E-state index contributed by atoms with van der Waals surface area (Å²) in [5.74, 6) is 0. The summed E-state index contributed by atoms with van der Waals surface area (Å²) in [6.45, 7) is 2.74. The van der Waals surface area contributed by atoms with Gasteiger partial charge < -0.3 is 0 Å². The number of halogens is 1. The molecule has 0 spiro atoms. The first-order valence-electron chi connectivity index (χ1n) is 7.35. The highest BCUT2D eigenvalue weighted by atomic mass is 35.5. The summed E-state index contributed by atoms with van der Waals surface area (Å²) in [5, 5.41) is 10.4. The Labute approximate surface area is 145 Å². The van der Waals surface area contributed by atoms with E-state index in [0.29, 0.717) is 5.02 Å². The number of aromatic nitrogens is 2. The Kier molecular flexibility index (Phi) is 4.45. The standard InChI is InChI=1S/C17H16ClN3O2S/c1-2-21-11-16(12-3-7-14(18)8-4-12)17(20-21)13-5-9-15(10-6-13)24(19,22)23/h3-11H,2H2,1H3,(H2,19,22,23). The van der Waals surface area contributed by atoms with Crippen molar-refractivity contribution in [2.75, 3.05) is 0 Å². The first kappa shape index (κ1) is 16.7. The van der Waals surface area contributed by atoms with Gasteiger partial charge in [0.25, 0.3) is 0 Å². The average Bonchev–Trinajstić information content (AvgIpc) is 2.99. The van der Waals surface area contributed by atoms with E-state index in [-0.39, 0.29) is 4.90 Å². The summed E-state index contributed by atoms with van der Waals surface area (Å²) in [6, 6.07) is 13.9. The Bertz CT molecular complexity index is 962. The minimum absolute atomic E-state index is 0.0780. The van der Waals surface area contributed by atoms with Gasteiger partial charge in [-0.25, -0.2) is 13.6 Å². The summed E-state index contributed by atoms with van der Waals surface area (Å²) in [5.41, 5.74) is 3.54. The molecule has 0 saturated carbocycles. The molecule has 3 rings (SSSR count). The predicted octanol–water partition coefficient (Wildman–Crippen LogP) is 3.54. The molecule has 1 aromatic heterocycles. The Morgan fingerprint density at radius 3 is 2.17 bits per heavy atom. The van der Waals surface area contributed by atoms with Gasteiger partial charge in [-0.3, -0.25) is 4.68 Å². The lowest BCUT2D eigenvalue weighted by Crippen LogP contribution is -2.11. The van der Waals surface area contributed by atoms with E-state index in [1.807, 2.05) is 42.1 Å². The Balaban J connectivity index is 2.10. The van der Waals surface area contributed by atoms with Gasteiger partial charge in [-0.15, -0.1) is 0 Å². The number of nitrogens with zero attached hydrogens (tertiary/aromatic N) is 2. The van der Waals surface area contributed by atoms with Crippen LogP contribution in [0.5, 0.6) is 0 Å². The van der Waals surface area contributed by atoms with E-state index in [0.717, 1.165) is 28.9 Å². The molecular formula is C17H16ClN3O2S. The molecular weight excluding hydrogens is 346 g/mol. The van der Waals surface area contributed by atoms with Crippen LogP contribution in [-0.4, -0.2) is 18.2 Å². The van der Waals surface area contributed by atoms with Gasteiger partial charge in [0, 0.05) is 28.9 Å². The maximum atomic E-state index is 11.4. The molecule has 0 bridgehead atoms. The summed E-state index contributed by atoms with van der Waals surface area (Å²) in [7, 11) is -3.71.